The van der Waals surface area contributed by atoms with Gasteiger partial charge in [0, 0.05) is 48.6 Å². The van der Waals surface area contributed by atoms with Crippen LogP contribution >= 0.6 is 92.0 Å². The maximum absolute atomic E-state index is 4.04. The second-order valence-corrected chi connectivity index (χ2v) is 39.3. The van der Waals surface area contributed by atoms with E-state index in [-0.39, 0.29) is 0 Å². The summed E-state index contributed by atoms with van der Waals surface area (Å²) in [6, 6.07) is 177. The third-order valence-corrected chi connectivity index (χ3v) is 32.2. The number of alkyl halides is 2. The Kier molecular flexibility index (Phi) is 23.9. The summed E-state index contributed by atoms with van der Waals surface area (Å²) in [5.74, 6) is 3.62. The summed E-state index contributed by atoms with van der Waals surface area (Å²) in [5, 5.41) is 59.1. The van der Waals surface area contributed by atoms with Crippen molar-refractivity contribution in [2.45, 2.75) is 0 Å². The summed E-state index contributed by atoms with van der Waals surface area (Å²) in [7, 11) is 0. The van der Waals surface area contributed by atoms with Gasteiger partial charge in [-0.3, -0.25) is 0 Å². The van der Waals surface area contributed by atoms with Crippen LogP contribution in [0.1, 0.15) is 0 Å². The molecule has 0 bridgehead atoms. The van der Waals surface area contributed by atoms with Gasteiger partial charge in [-0.2, -0.15) is 0 Å². The summed E-state index contributed by atoms with van der Waals surface area (Å²) in [5.41, 5.74) is 17.8. The van der Waals surface area contributed by atoms with E-state index in [1.165, 1.54) is 302 Å². The minimum Gasteiger partial charge on any atom is -0.356 e. The molecule has 0 saturated heterocycles. The summed E-state index contributed by atoms with van der Waals surface area (Å²) in [6.07, 6.45) is 0. The molecule has 0 fully saturated rings. The fourth-order valence-corrected chi connectivity index (χ4v) is 26.5. The average Bonchev–Trinajstić information content (AvgIpc) is 1.52. The maximum atomic E-state index is 4.04. The zero-order valence-electron chi connectivity index (χ0n) is 80.0. The van der Waals surface area contributed by atoms with Gasteiger partial charge in [-0.1, -0.05) is 487 Å². The van der Waals surface area contributed by atoms with Gasteiger partial charge >= 0.3 is 0 Å². The molecule has 147 heavy (non-hydrogen) atoms. The van der Waals surface area contributed by atoms with Gasteiger partial charge in [-0.15, -0.1) is 0 Å². The van der Waals surface area contributed by atoms with E-state index in [4.69, 9.17) is 0 Å². The average molecular weight is 2260 g/mol. The van der Waals surface area contributed by atoms with E-state index < -0.39 is 0 Å². The Morgan fingerprint density at radius 2 is 0.313 bits per heavy atom. The van der Waals surface area contributed by atoms with Crippen LogP contribution in [0.25, 0.3) is 293 Å². The predicted molar refractivity (Wildman–Crippen MR) is 666 cm³/mol. The molecule has 0 aromatic heterocycles. The van der Waals surface area contributed by atoms with Crippen molar-refractivity contribution in [3.05, 3.63) is 494 Å². The van der Waals surface area contributed by atoms with Gasteiger partial charge in [-0.25, -0.2) is 0 Å². The molecule has 32 aromatic carbocycles. The van der Waals surface area contributed by atoms with Crippen molar-refractivity contribution < 1.29 is 0 Å². The molecule has 694 valence electrons. The Balaban J connectivity index is 0.000000103. The fourth-order valence-electron chi connectivity index (χ4n) is 25.1. The zero-order chi connectivity index (χ0) is 98.8. The zero-order valence-corrected chi connectivity index (χ0v) is 89.5. The van der Waals surface area contributed by atoms with Gasteiger partial charge in [0.15, 0.2) is 0 Å². The van der Waals surface area contributed by atoms with Gasteiger partial charge in [0.1, 0.15) is 0 Å². The Bertz CT molecular complexity index is 10200. The standard InChI is InChI=1S/2C42H23Br.C42H24.C12H11N.2CH3Br.Br2/c2*43-42-28-19-8-7-18-27(28)37-36-31(22-11-23-32(36)42)40-34(25-12-3-1-4-13-25)38-29-20-9-16-24-17-10-21-30(33(24)29)39(38)35(41(37)40)26-14-5-2-6-15-26;1-3-12-26(13-4-1)36-39-31-21-9-17-25-18-10-22-32(34(25)31)40(39)37(27-14-5-2-6-15-27)42-38-30-20-8-7-16-28(30)24-29-19-11-23-33(35(29)38)41(36)42;1-3-7-11(8-4-1)13-12-9-5-2-6-10-12;3*1-2/h2*1-23H;1-24H;1-10,13H;2*1H3;. The minimum absolute atomic E-state index is 1.12. The number of nitrogens with one attached hydrogen (secondary N) is 1. The van der Waals surface area contributed by atoms with Crippen LogP contribution in [-0.2, 0) is 0 Å². The number of hydrogen-bond donors (Lipinski definition) is 1. The molecular weight excluding hydrogens is 2170 g/mol. The van der Waals surface area contributed by atoms with Gasteiger partial charge in [0.05, 0.1) is 0 Å². The molecule has 0 spiro atoms. The molecule has 0 unspecified atom stereocenters. The lowest BCUT2D eigenvalue weighted by Crippen LogP contribution is -1.88. The summed E-state index contributed by atoms with van der Waals surface area (Å²) < 4.78 is 2.34. The molecule has 0 atom stereocenters. The van der Waals surface area contributed by atoms with Gasteiger partial charge < -0.3 is 5.32 Å². The van der Waals surface area contributed by atoms with Gasteiger partial charge in [0.2, 0.25) is 0 Å². The number of benzene rings is 26. The van der Waals surface area contributed by atoms with E-state index in [2.05, 4.69) is 522 Å². The first kappa shape index (κ1) is 91.7. The minimum atomic E-state index is 1.12. The fraction of sp³-hybridized carbons (Fsp3) is 0.0143. The number of rotatable bonds is 8. The van der Waals surface area contributed by atoms with Crippen molar-refractivity contribution >= 4 is 330 Å². The number of hydrogen-bond acceptors (Lipinski definition) is 1. The highest BCUT2D eigenvalue weighted by molar-refractivity contribution is 9.93. The third-order valence-electron chi connectivity index (χ3n) is 30.5. The van der Waals surface area contributed by atoms with E-state index in [1.807, 2.05) is 72.3 Å². The molecule has 7 heteroatoms. The molecule has 0 saturated carbocycles. The van der Waals surface area contributed by atoms with Crippen LogP contribution < -0.4 is 5.32 Å². The second kappa shape index (κ2) is 38.3. The highest BCUT2D eigenvalue weighted by Crippen LogP contribution is 2.63. The second-order valence-electron chi connectivity index (χ2n) is 37.7. The first-order valence-electron chi connectivity index (χ1n) is 49.6. The van der Waals surface area contributed by atoms with E-state index in [0.717, 1.165) is 11.4 Å². The predicted octanol–water partition coefficient (Wildman–Crippen LogP) is 44.6. The molecule has 32 rings (SSSR count). The molecule has 1 N–H and O–H groups in total. The quantitative estimate of drug-likeness (QED) is 0.118. The van der Waals surface area contributed by atoms with E-state index in [1.54, 1.807) is 0 Å². The van der Waals surface area contributed by atoms with E-state index >= 15 is 0 Å². The molecule has 0 heterocycles. The lowest BCUT2D eigenvalue weighted by atomic mass is 9.87. The van der Waals surface area contributed by atoms with Crippen molar-refractivity contribution in [3.63, 3.8) is 0 Å². The normalized spacial score (nSPS) is 11.7. The van der Waals surface area contributed by atoms with E-state index in [9.17, 15) is 0 Å². The monoisotopic (exact) mass is 2260 g/mol. The highest BCUT2D eigenvalue weighted by Gasteiger charge is 2.34. The maximum Gasteiger partial charge on any atom is 0.0384 e. The lowest BCUT2D eigenvalue weighted by molar-refractivity contribution is 1.55. The Morgan fingerprint density at radius 1 is 0.129 bits per heavy atom. The molecule has 0 radical (unpaired) electrons. The van der Waals surface area contributed by atoms with Crippen LogP contribution in [0.4, 0.5) is 11.4 Å². The van der Waals surface area contributed by atoms with Crippen LogP contribution in [0.2, 0.25) is 0 Å². The van der Waals surface area contributed by atoms with Crippen LogP contribution in [0.3, 0.4) is 0 Å². The smallest absolute Gasteiger partial charge is 0.0384 e. The first-order chi connectivity index (χ1) is 73.0. The molecule has 0 aliphatic rings. The molecule has 0 amide bonds. The SMILES string of the molecule is BrBr.Brc1c2ccccc2c2c3c(-c4ccccc4)c4c5cccc6cccc(c4c(-c4ccccc4)c3c3cccc1c32)c65.Brc1c2ccccc2c2c3c(-c4ccccc4)c4c5cccc6cccc(c4c(-c4ccccc4)c3c3cccc1c32)c65.CBr.CBr.c1ccc(-c2c3c4cccc5cccc(c3c(-c3ccccc3)c3c2c2cccc6cc7ccccc7c3c62)c54)cc1.c1ccc(Nc2ccccc2)cc1. The molecule has 0 aliphatic heterocycles. The van der Waals surface area contributed by atoms with Crippen molar-refractivity contribution in [1.29, 1.82) is 0 Å². The first-order valence-corrected chi connectivity index (χ1v) is 58.0. The largest absolute Gasteiger partial charge is 0.356 e. The number of para-hydroxylation sites is 2. The van der Waals surface area contributed by atoms with Crippen LogP contribution in [-0.4, -0.2) is 11.7 Å². The van der Waals surface area contributed by atoms with E-state index in [0.29, 0.717) is 0 Å². The summed E-state index contributed by atoms with van der Waals surface area (Å²) in [6.45, 7) is 0. The lowest BCUT2D eigenvalue weighted by Gasteiger charge is -2.16. The molecule has 1 nitrogen and oxygen atoms in total. The Labute approximate surface area is 898 Å². The van der Waals surface area contributed by atoms with Crippen molar-refractivity contribution in [1.82, 2.24) is 0 Å². The van der Waals surface area contributed by atoms with Gasteiger partial charge in [-0.05, 0) is 367 Å². The molecular formula is C140H87Br6N. The van der Waals surface area contributed by atoms with Gasteiger partial charge in [0.25, 0.3) is 0 Å². The highest BCUT2D eigenvalue weighted by atomic mass is 80.9. The molecule has 0 aliphatic carbocycles. The molecule has 32 aromatic rings. The number of anilines is 2. The van der Waals surface area contributed by atoms with Crippen LogP contribution in [0.15, 0.2) is 494 Å². The number of halogens is 6. The van der Waals surface area contributed by atoms with Crippen LogP contribution in [0, 0.1) is 0 Å². The third kappa shape index (κ3) is 14.4. The summed E-state index contributed by atoms with van der Waals surface area (Å²) >= 11 is 19.5. The van der Waals surface area contributed by atoms with Crippen LogP contribution in [0.5, 0.6) is 0 Å². The Morgan fingerprint density at radius 3 is 0.599 bits per heavy atom. The topological polar surface area (TPSA) is 12.0 Å². The van der Waals surface area contributed by atoms with Crippen molar-refractivity contribution in [3.8, 4) is 66.8 Å². The Hall–Kier alpha value is -15.3. The summed E-state index contributed by atoms with van der Waals surface area (Å²) in [4.78, 5) is 0. The van der Waals surface area contributed by atoms with Crippen molar-refractivity contribution in [2.24, 2.45) is 0 Å². The number of fused-ring (bicyclic) bond motifs is 24. The van der Waals surface area contributed by atoms with Crippen molar-refractivity contribution in [2.75, 3.05) is 17.0 Å².